The van der Waals surface area contributed by atoms with Crippen LogP contribution in [-0.2, 0) is 9.53 Å². The maximum Gasteiger partial charge on any atom is 0.319 e. The van der Waals surface area contributed by atoms with E-state index in [0.717, 1.165) is 11.4 Å². The molecule has 7 heteroatoms. The van der Waals surface area contributed by atoms with E-state index in [-0.39, 0.29) is 18.6 Å². The second-order valence-electron chi connectivity index (χ2n) is 4.18. The highest BCUT2D eigenvalue weighted by atomic mass is 16.5. The quantitative estimate of drug-likeness (QED) is 0.756. The van der Waals surface area contributed by atoms with Crippen molar-refractivity contribution >= 4 is 5.97 Å². The number of nitrogens with one attached hydrogen (secondary N) is 2. The molecule has 0 aliphatic carbocycles. The highest BCUT2D eigenvalue weighted by Gasteiger charge is 2.19. The van der Waals surface area contributed by atoms with E-state index in [1.807, 2.05) is 13.0 Å². The number of rotatable bonds is 6. The van der Waals surface area contributed by atoms with E-state index in [0.29, 0.717) is 12.4 Å². The zero-order valence-corrected chi connectivity index (χ0v) is 11.5. The summed E-state index contributed by atoms with van der Waals surface area (Å²) in [6, 6.07) is 1.54. The predicted octanol–water partition coefficient (Wildman–Crippen LogP) is 0.750. The average Bonchev–Trinajstić information content (AvgIpc) is 2.93. The average molecular weight is 275 g/mol. The first-order valence-electron chi connectivity index (χ1n) is 6.37. The van der Waals surface area contributed by atoms with Crippen LogP contribution in [0.3, 0.4) is 0 Å². The number of aromatic amines is 1. The molecule has 0 saturated carbocycles. The van der Waals surface area contributed by atoms with Crippen LogP contribution in [0.2, 0.25) is 0 Å². The van der Waals surface area contributed by atoms with Crippen molar-refractivity contribution in [3.05, 3.63) is 42.0 Å². The second kappa shape index (κ2) is 6.76. The van der Waals surface area contributed by atoms with Crippen LogP contribution in [0, 0.1) is 6.92 Å². The van der Waals surface area contributed by atoms with Gasteiger partial charge in [0.05, 0.1) is 18.8 Å². The minimum atomic E-state index is -0.310. The van der Waals surface area contributed by atoms with Gasteiger partial charge in [-0.15, -0.1) is 0 Å². The lowest BCUT2D eigenvalue weighted by Crippen LogP contribution is -2.31. The predicted molar refractivity (Wildman–Crippen MR) is 71.8 cm³/mol. The number of ether oxygens (including phenoxy) is 1. The van der Waals surface area contributed by atoms with Gasteiger partial charge in [0.15, 0.2) is 0 Å². The van der Waals surface area contributed by atoms with Crippen LogP contribution in [0.1, 0.15) is 30.2 Å². The van der Waals surface area contributed by atoms with Crippen LogP contribution in [-0.4, -0.2) is 39.1 Å². The number of carbonyl (C=O) groups excluding carboxylic acids is 1. The summed E-state index contributed by atoms with van der Waals surface area (Å²) in [4.78, 5) is 27.0. The summed E-state index contributed by atoms with van der Waals surface area (Å²) in [7, 11) is 0. The Labute approximate surface area is 116 Å². The minimum absolute atomic E-state index is 0.0856. The zero-order chi connectivity index (χ0) is 14.4. The second-order valence-corrected chi connectivity index (χ2v) is 4.18. The van der Waals surface area contributed by atoms with Gasteiger partial charge in [-0.3, -0.25) is 10.1 Å². The molecule has 0 aliphatic rings. The van der Waals surface area contributed by atoms with Crippen LogP contribution >= 0.6 is 0 Å². The molecule has 0 spiro atoms. The summed E-state index contributed by atoms with van der Waals surface area (Å²) in [5, 5.41) is 3.09. The number of carbonyl (C=O) groups is 1. The molecule has 7 nitrogen and oxygen atoms in total. The lowest BCUT2D eigenvalue weighted by molar-refractivity contribution is -0.142. The molecular formula is C13H17N5O2. The summed E-state index contributed by atoms with van der Waals surface area (Å²) >= 11 is 0. The van der Waals surface area contributed by atoms with Crippen LogP contribution in [0.15, 0.2) is 24.8 Å². The summed E-state index contributed by atoms with van der Waals surface area (Å²) in [6.07, 6.45) is 4.87. The molecule has 0 saturated heterocycles. The summed E-state index contributed by atoms with van der Waals surface area (Å²) in [5.74, 6) is 0.377. The Kier molecular flexibility index (Phi) is 4.78. The van der Waals surface area contributed by atoms with Gasteiger partial charge in [-0.2, -0.15) is 0 Å². The number of esters is 1. The summed E-state index contributed by atoms with van der Waals surface area (Å²) < 4.78 is 4.90. The largest absolute Gasteiger partial charge is 0.465 e. The molecule has 0 radical (unpaired) electrons. The van der Waals surface area contributed by atoms with Crippen LogP contribution < -0.4 is 5.32 Å². The fraction of sp³-hybridized carbons (Fsp3) is 0.385. The fourth-order valence-electron chi connectivity index (χ4n) is 1.81. The molecule has 0 aliphatic heterocycles. The Morgan fingerprint density at radius 3 is 2.95 bits per heavy atom. The summed E-state index contributed by atoms with van der Waals surface area (Å²) in [5.41, 5.74) is 1.60. The van der Waals surface area contributed by atoms with Gasteiger partial charge >= 0.3 is 5.97 Å². The summed E-state index contributed by atoms with van der Waals surface area (Å²) in [6.45, 7) is 4.10. The third-order valence-corrected chi connectivity index (χ3v) is 2.67. The highest BCUT2D eigenvalue weighted by molar-refractivity contribution is 5.71. The Bertz CT molecular complexity index is 556. The van der Waals surface area contributed by atoms with Gasteiger partial charge in [0.2, 0.25) is 0 Å². The van der Waals surface area contributed by atoms with E-state index in [9.17, 15) is 4.79 Å². The number of H-pyrrole nitrogens is 1. The zero-order valence-electron chi connectivity index (χ0n) is 11.5. The first-order chi connectivity index (χ1) is 9.70. The first-order valence-corrected chi connectivity index (χ1v) is 6.37. The van der Waals surface area contributed by atoms with Crippen LogP contribution in [0.25, 0.3) is 0 Å². The van der Waals surface area contributed by atoms with Gasteiger partial charge in [-0.05, 0) is 19.9 Å². The topological polar surface area (TPSA) is 92.8 Å². The number of aryl methyl sites for hydroxylation is 1. The highest BCUT2D eigenvalue weighted by Crippen LogP contribution is 2.16. The normalized spacial score (nSPS) is 12.1. The van der Waals surface area contributed by atoms with E-state index in [4.69, 9.17) is 4.74 Å². The molecule has 0 amide bonds. The lowest BCUT2D eigenvalue weighted by Gasteiger charge is -2.15. The molecule has 1 atom stereocenters. The number of hydrogen-bond donors (Lipinski definition) is 2. The van der Waals surface area contributed by atoms with Gasteiger partial charge in [0.25, 0.3) is 0 Å². The van der Waals surface area contributed by atoms with Crippen molar-refractivity contribution in [2.45, 2.75) is 19.9 Å². The standard InChI is InChI=1S/C13H17N5O2/c1-3-20-11(19)7-16-12(13-14-4-5-15-13)10-6-9(2)17-8-18-10/h4-6,8,12,16H,3,7H2,1-2H3,(H,14,15). The Hall–Kier alpha value is -2.28. The maximum atomic E-state index is 11.5. The van der Waals surface area contributed by atoms with Gasteiger partial charge in [-0.25, -0.2) is 15.0 Å². The smallest absolute Gasteiger partial charge is 0.319 e. The number of hydrogen-bond acceptors (Lipinski definition) is 6. The maximum absolute atomic E-state index is 11.5. The third kappa shape index (κ3) is 3.61. The van der Waals surface area contributed by atoms with Crippen molar-refractivity contribution in [1.29, 1.82) is 0 Å². The van der Waals surface area contributed by atoms with Crippen LogP contribution in [0.5, 0.6) is 0 Å². The number of nitrogens with zero attached hydrogens (tertiary/aromatic N) is 3. The number of imidazole rings is 1. The molecular weight excluding hydrogens is 258 g/mol. The third-order valence-electron chi connectivity index (χ3n) is 2.67. The molecule has 106 valence electrons. The monoisotopic (exact) mass is 275 g/mol. The minimum Gasteiger partial charge on any atom is -0.465 e. The SMILES string of the molecule is CCOC(=O)CNC(c1cc(C)ncn1)c1ncc[nH]1. The molecule has 20 heavy (non-hydrogen) atoms. The van der Waals surface area contributed by atoms with E-state index < -0.39 is 0 Å². The Morgan fingerprint density at radius 1 is 1.45 bits per heavy atom. The van der Waals surface area contributed by atoms with Crippen molar-refractivity contribution < 1.29 is 9.53 Å². The van der Waals surface area contributed by atoms with E-state index >= 15 is 0 Å². The Morgan fingerprint density at radius 2 is 2.30 bits per heavy atom. The van der Waals surface area contributed by atoms with Crippen LogP contribution in [0.4, 0.5) is 0 Å². The lowest BCUT2D eigenvalue weighted by atomic mass is 10.1. The molecule has 0 bridgehead atoms. The van der Waals surface area contributed by atoms with Crippen molar-refractivity contribution in [2.24, 2.45) is 0 Å². The van der Waals surface area contributed by atoms with Crippen molar-refractivity contribution in [3.63, 3.8) is 0 Å². The molecule has 1 unspecified atom stereocenters. The molecule has 2 aromatic rings. The molecule has 0 aromatic carbocycles. The molecule has 2 aromatic heterocycles. The molecule has 2 N–H and O–H groups in total. The van der Waals surface area contributed by atoms with Gasteiger partial charge < -0.3 is 9.72 Å². The van der Waals surface area contributed by atoms with E-state index in [1.165, 1.54) is 6.33 Å². The van der Waals surface area contributed by atoms with Gasteiger partial charge in [-0.1, -0.05) is 0 Å². The molecule has 2 rings (SSSR count). The fourth-order valence-corrected chi connectivity index (χ4v) is 1.81. The molecule has 2 heterocycles. The van der Waals surface area contributed by atoms with Gasteiger partial charge in [0, 0.05) is 18.1 Å². The first kappa shape index (κ1) is 14.1. The van der Waals surface area contributed by atoms with Gasteiger partial charge in [0.1, 0.15) is 18.2 Å². The molecule has 0 fully saturated rings. The van der Waals surface area contributed by atoms with Crippen molar-refractivity contribution in [3.8, 4) is 0 Å². The van der Waals surface area contributed by atoms with E-state index in [2.05, 4.69) is 25.3 Å². The van der Waals surface area contributed by atoms with Crippen molar-refractivity contribution in [2.75, 3.05) is 13.2 Å². The number of aromatic nitrogens is 4. The Balaban J connectivity index is 2.16. The van der Waals surface area contributed by atoms with E-state index in [1.54, 1.807) is 19.3 Å². The van der Waals surface area contributed by atoms with Crippen molar-refractivity contribution in [1.82, 2.24) is 25.3 Å².